The number of benzene rings is 1. The molecule has 1 saturated heterocycles. The van der Waals surface area contributed by atoms with E-state index in [1.54, 1.807) is 0 Å². The summed E-state index contributed by atoms with van der Waals surface area (Å²) >= 11 is 0. The molecule has 6 heteroatoms. The van der Waals surface area contributed by atoms with Gasteiger partial charge in [0.1, 0.15) is 0 Å². The third-order valence-corrected chi connectivity index (χ3v) is 5.37. The van der Waals surface area contributed by atoms with E-state index in [9.17, 15) is 13.2 Å². The van der Waals surface area contributed by atoms with Crippen LogP contribution in [0.1, 0.15) is 18.1 Å². The summed E-state index contributed by atoms with van der Waals surface area (Å²) in [4.78, 5) is 12.8. The molecule has 5 nitrogen and oxygen atoms in total. The maximum Gasteiger partial charge on any atom is 0.307 e. The molecule has 1 N–H and O–H groups in total. The molecule has 0 spiro atoms. The van der Waals surface area contributed by atoms with Crippen LogP contribution in [0.5, 0.6) is 0 Å². The first-order valence-electron chi connectivity index (χ1n) is 6.60. The van der Waals surface area contributed by atoms with E-state index in [0.717, 1.165) is 11.1 Å². The predicted octanol–water partition coefficient (Wildman–Crippen LogP) is 0.933. The quantitative estimate of drug-likeness (QED) is 0.895. The van der Waals surface area contributed by atoms with Gasteiger partial charge in [-0.15, -0.1) is 0 Å². The average Bonchev–Trinajstić information content (AvgIpc) is 2.34. The zero-order valence-electron chi connectivity index (χ0n) is 11.4. The van der Waals surface area contributed by atoms with Gasteiger partial charge in [-0.2, -0.15) is 0 Å². The van der Waals surface area contributed by atoms with Gasteiger partial charge in [0.15, 0.2) is 9.84 Å². The molecule has 110 valence electrons. The molecule has 0 saturated carbocycles. The average molecular weight is 297 g/mol. The van der Waals surface area contributed by atoms with E-state index < -0.39 is 15.8 Å². The topological polar surface area (TPSA) is 74.7 Å². The summed E-state index contributed by atoms with van der Waals surface area (Å²) in [6, 6.07) is 7.47. The molecule has 1 heterocycles. The molecule has 0 aliphatic carbocycles. The number of hydrogen-bond acceptors (Lipinski definition) is 4. The molecule has 1 aliphatic rings. The van der Waals surface area contributed by atoms with E-state index in [2.05, 4.69) is 4.90 Å². The summed E-state index contributed by atoms with van der Waals surface area (Å²) in [5.74, 6) is -0.411. The lowest BCUT2D eigenvalue weighted by molar-refractivity contribution is -0.136. The Hall–Kier alpha value is -1.40. The van der Waals surface area contributed by atoms with Crippen molar-refractivity contribution in [1.29, 1.82) is 0 Å². The highest BCUT2D eigenvalue weighted by atomic mass is 32.2. The summed E-state index contributed by atoms with van der Waals surface area (Å²) in [6.07, 6.45) is 0.0264. The lowest BCUT2D eigenvalue weighted by atomic mass is 10.1. The summed E-state index contributed by atoms with van der Waals surface area (Å²) in [7, 11) is -2.88. The lowest BCUT2D eigenvalue weighted by Gasteiger charge is -2.33. The van der Waals surface area contributed by atoms with Crippen LogP contribution in [0.3, 0.4) is 0 Å². The van der Waals surface area contributed by atoms with Crippen LogP contribution < -0.4 is 0 Å². The molecule has 1 fully saturated rings. The number of nitrogens with zero attached hydrogens (tertiary/aromatic N) is 1. The highest BCUT2D eigenvalue weighted by Gasteiger charge is 2.27. The van der Waals surface area contributed by atoms with Gasteiger partial charge in [0.05, 0.1) is 17.9 Å². The van der Waals surface area contributed by atoms with Gasteiger partial charge in [-0.3, -0.25) is 9.69 Å². The zero-order chi connectivity index (χ0) is 14.8. The van der Waals surface area contributed by atoms with Gasteiger partial charge < -0.3 is 5.11 Å². The van der Waals surface area contributed by atoms with Crippen molar-refractivity contribution in [3.05, 3.63) is 35.4 Å². The lowest BCUT2D eigenvalue weighted by Crippen LogP contribution is -2.46. The van der Waals surface area contributed by atoms with Crippen LogP contribution in [-0.4, -0.2) is 48.5 Å². The third kappa shape index (κ3) is 4.05. The number of carbonyl (C=O) groups is 1. The monoisotopic (exact) mass is 297 g/mol. The van der Waals surface area contributed by atoms with Gasteiger partial charge in [-0.25, -0.2) is 8.42 Å². The normalized spacial score (nSPS) is 22.6. The van der Waals surface area contributed by atoms with Gasteiger partial charge in [0, 0.05) is 19.1 Å². The second-order valence-electron chi connectivity index (χ2n) is 5.32. The molecule has 1 aromatic rings. The molecular weight excluding hydrogens is 278 g/mol. The Balaban J connectivity index is 1.98. The van der Waals surface area contributed by atoms with E-state index in [4.69, 9.17) is 5.11 Å². The van der Waals surface area contributed by atoms with E-state index >= 15 is 0 Å². The first kappa shape index (κ1) is 15.0. The minimum atomic E-state index is -2.88. The molecule has 20 heavy (non-hydrogen) atoms. The zero-order valence-corrected chi connectivity index (χ0v) is 12.3. The Morgan fingerprint density at radius 2 is 1.90 bits per heavy atom. The fourth-order valence-electron chi connectivity index (χ4n) is 2.44. The molecule has 0 radical (unpaired) electrons. The molecule has 1 aliphatic heterocycles. The van der Waals surface area contributed by atoms with Crippen molar-refractivity contribution < 1.29 is 18.3 Å². The fourth-order valence-corrected chi connectivity index (χ4v) is 4.06. The van der Waals surface area contributed by atoms with Crippen LogP contribution in [0, 0.1) is 0 Å². The van der Waals surface area contributed by atoms with Crippen LogP contribution >= 0.6 is 0 Å². The summed E-state index contributed by atoms with van der Waals surface area (Å²) in [5.41, 5.74) is 1.85. The van der Waals surface area contributed by atoms with Crippen molar-refractivity contribution >= 4 is 15.8 Å². The summed E-state index contributed by atoms with van der Waals surface area (Å²) < 4.78 is 23.0. The van der Waals surface area contributed by atoms with Crippen molar-refractivity contribution in [3.8, 4) is 0 Å². The minimum absolute atomic E-state index is 0.0208. The summed E-state index contributed by atoms with van der Waals surface area (Å²) in [6.45, 7) is 3.18. The molecule has 1 atom stereocenters. The van der Waals surface area contributed by atoms with Crippen LogP contribution in [-0.2, 0) is 27.6 Å². The maximum atomic E-state index is 11.5. The van der Waals surface area contributed by atoms with Crippen molar-refractivity contribution in [2.45, 2.75) is 25.9 Å². The van der Waals surface area contributed by atoms with Gasteiger partial charge >= 0.3 is 5.97 Å². The number of sulfone groups is 1. The minimum Gasteiger partial charge on any atom is -0.481 e. The van der Waals surface area contributed by atoms with E-state index in [1.165, 1.54) is 0 Å². The second-order valence-corrected chi connectivity index (χ2v) is 7.55. The number of carboxylic acids is 1. The van der Waals surface area contributed by atoms with Gasteiger partial charge in [-0.05, 0) is 18.1 Å². The van der Waals surface area contributed by atoms with Gasteiger partial charge in [-0.1, -0.05) is 24.3 Å². The number of aliphatic carboxylic acids is 1. The maximum absolute atomic E-state index is 11.5. The Bertz CT molecular complexity index is 580. The highest BCUT2D eigenvalue weighted by Crippen LogP contribution is 2.16. The first-order valence-corrected chi connectivity index (χ1v) is 8.42. The standard InChI is InChI=1S/C14H19NO4S/c1-11-10-20(18,19)7-6-15(11)9-13-4-2-12(3-5-13)8-14(16)17/h2-5,11H,6-10H2,1H3,(H,16,17). The largest absolute Gasteiger partial charge is 0.481 e. The molecular formula is C14H19NO4S. The Kier molecular flexibility index (Phi) is 4.45. The molecule has 1 unspecified atom stereocenters. The Morgan fingerprint density at radius 1 is 1.30 bits per heavy atom. The first-order chi connectivity index (χ1) is 9.35. The van der Waals surface area contributed by atoms with Crippen LogP contribution in [0.2, 0.25) is 0 Å². The molecule has 0 bridgehead atoms. The fraction of sp³-hybridized carbons (Fsp3) is 0.500. The number of hydrogen-bond donors (Lipinski definition) is 1. The summed E-state index contributed by atoms with van der Waals surface area (Å²) in [5, 5.41) is 8.72. The molecule has 2 rings (SSSR count). The number of carboxylic acid groups (broad SMARTS) is 1. The SMILES string of the molecule is CC1CS(=O)(=O)CCN1Cc1ccc(CC(=O)O)cc1. The molecule has 0 aromatic heterocycles. The van der Waals surface area contributed by atoms with Crippen LogP contribution in [0.25, 0.3) is 0 Å². The third-order valence-electron chi connectivity index (χ3n) is 3.57. The number of rotatable bonds is 4. The van der Waals surface area contributed by atoms with Crippen molar-refractivity contribution in [2.75, 3.05) is 18.1 Å². The highest BCUT2D eigenvalue weighted by molar-refractivity contribution is 7.91. The Morgan fingerprint density at radius 3 is 2.45 bits per heavy atom. The van der Waals surface area contributed by atoms with E-state index in [-0.39, 0.29) is 24.0 Å². The van der Waals surface area contributed by atoms with Gasteiger partial charge in [0.25, 0.3) is 0 Å². The van der Waals surface area contributed by atoms with E-state index in [0.29, 0.717) is 13.1 Å². The molecule has 0 amide bonds. The molecule has 1 aromatic carbocycles. The van der Waals surface area contributed by atoms with Crippen LogP contribution in [0.4, 0.5) is 0 Å². The van der Waals surface area contributed by atoms with Crippen molar-refractivity contribution in [1.82, 2.24) is 4.90 Å². The van der Waals surface area contributed by atoms with Crippen LogP contribution in [0.15, 0.2) is 24.3 Å². The Labute approximate surface area is 119 Å². The van der Waals surface area contributed by atoms with Crippen molar-refractivity contribution in [2.24, 2.45) is 0 Å². The smallest absolute Gasteiger partial charge is 0.307 e. The van der Waals surface area contributed by atoms with E-state index in [1.807, 2.05) is 31.2 Å². The predicted molar refractivity (Wildman–Crippen MR) is 76.3 cm³/mol. The van der Waals surface area contributed by atoms with Gasteiger partial charge in [0.2, 0.25) is 0 Å². The second kappa shape index (κ2) is 5.93. The van der Waals surface area contributed by atoms with Crippen molar-refractivity contribution in [3.63, 3.8) is 0 Å².